The average molecular weight is 537 g/mol. The third-order valence-electron chi connectivity index (χ3n) is 4.34. The first-order valence-electron chi connectivity index (χ1n) is 9.85. The number of hydrogen-bond acceptors (Lipinski definition) is 8. The van der Waals surface area contributed by atoms with Crippen molar-refractivity contribution in [3.8, 4) is 0 Å². The maximum absolute atomic E-state index is 11.9. The molecule has 0 radical (unpaired) electrons. The molecule has 0 amide bonds. The van der Waals surface area contributed by atoms with Crippen molar-refractivity contribution in [1.82, 2.24) is 0 Å². The lowest BCUT2D eigenvalue weighted by Crippen LogP contribution is -2.37. The van der Waals surface area contributed by atoms with Crippen molar-refractivity contribution in [2.45, 2.75) is 77.7 Å². The van der Waals surface area contributed by atoms with E-state index in [0.29, 0.717) is 0 Å². The van der Waals surface area contributed by atoms with Crippen LogP contribution in [0.3, 0.4) is 0 Å². The van der Waals surface area contributed by atoms with E-state index in [-0.39, 0.29) is 37.2 Å². The highest BCUT2D eigenvalue weighted by Crippen LogP contribution is 2.16. The highest BCUT2D eigenvalue weighted by Gasteiger charge is 2.46. The summed E-state index contributed by atoms with van der Waals surface area (Å²) in [5.74, 6) is -0.676. The second kappa shape index (κ2) is 13.3. The van der Waals surface area contributed by atoms with Crippen LogP contribution in [0.5, 0.6) is 0 Å². The molecule has 32 heavy (non-hydrogen) atoms. The largest absolute Gasteiger partial charge is 0.495 e. The zero-order valence-corrected chi connectivity index (χ0v) is 22.4. The number of hydrogen-bond donors (Lipinski definition) is 0. The third-order valence-corrected chi connectivity index (χ3v) is 14.3. The second-order valence-corrected chi connectivity index (χ2v) is 16.0. The third kappa shape index (κ3) is 8.49. The fraction of sp³-hybridized carbons (Fsp3) is 0.875. The second-order valence-electron chi connectivity index (χ2n) is 6.90. The normalized spacial score (nSPS) is 14.2. The molecule has 0 aliphatic carbocycles. The van der Waals surface area contributed by atoms with Gasteiger partial charge in [0.15, 0.2) is 0 Å². The lowest BCUT2D eigenvalue weighted by molar-refractivity contribution is 0.00342. The van der Waals surface area contributed by atoms with Crippen LogP contribution in [-0.4, -0.2) is 74.0 Å². The van der Waals surface area contributed by atoms with Gasteiger partial charge in [-0.05, 0) is 39.5 Å². The van der Waals surface area contributed by atoms with Gasteiger partial charge in [-0.25, -0.2) is 33.7 Å². The Bertz CT molecular complexity index is 1080. The van der Waals surface area contributed by atoms with E-state index < -0.39 is 58.6 Å². The molecule has 12 nitrogen and oxygen atoms in total. The molecule has 0 aliphatic heterocycles. The van der Waals surface area contributed by atoms with Crippen molar-refractivity contribution in [1.29, 1.82) is 0 Å². The highest BCUT2D eigenvalue weighted by molar-refractivity contribution is 8.31. The molecule has 0 rings (SSSR count). The number of sulfone groups is 4. The quantitative estimate of drug-likeness (QED) is 0.190. The Morgan fingerprint density at radius 3 is 1.09 bits per heavy atom. The molecule has 2 unspecified atom stereocenters. The summed E-state index contributed by atoms with van der Waals surface area (Å²) in [6.07, 6.45) is 1.03. The molecule has 0 saturated heterocycles. The monoisotopic (exact) mass is 536 g/mol. The Hall–Kier alpha value is -1.44. The molecule has 0 fully saturated rings. The summed E-state index contributed by atoms with van der Waals surface area (Å²) in [6.45, 7) is 9.19. The van der Waals surface area contributed by atoms with Crippen LogP contribution < -0.4 is 0 Å². The maximum atomic E-state index is 11.9. The average Bonchev–Trinajstić information content (AvgIpc) is 2.66. The van der Waals surface area contributed by atoms with Gasteiger partial charge in [-0.15, -0.1) is 9.58 Å². The molecule has 0 aliphatic rings. The molecule has 0 N–H and O–H groups in total. The summed E-state index contributed by atoms with van der Waals surface area (Å²) in [6, 6.07) is 0. The minimum absolute atomic E-state index is 0.247. The fourth-order valence-corrected chi connectivity index (χ4v) is 9.88. The van der Waals surface area contributed by atoms with Crippen molar-refractivity contribution < 1.29 is 43.3 Å². The zero-order chi connectivity index (χ0) is 26.0. The van der Waals surface area contributed by atoms with Gasteiger partial charge in [0.05, 0.1) is 22.0 Å². The van der Waals surface area contributed by atoms with Gasteiger partial charge >= 0.3 is 8.75 Å². The molecule has 0 saturated carbocycles. The first kappa shape index (κ1) is 32.7. The van der Waals surface area contributed by atoms with Crippen molar-refractivity contribution in [2.75, 3.05) is 11.5 Å². The van der Waals surface area contributed by atoms with Gasteiger partial charge in [0.2, 0.25) is 0 Å². The summed E-state index contributed by atoms with van der Waals surface area (Å²) in [5, 5.41) is -1.79. The molecule has 188 valence electrons. The van der Waals surface area contributed by atoms with E-state index in [1.807, 2.05) is 0 Å². The smallest absolute Gasteiger partial charge is 0.359 e. The van der Waals surface area contributed by atoms with E-state index in [4.69, 9.17) is 11.1 Å². The summed E-state index contributed by atoms with van der Waals surface area (Å²) in [4.78, 5) is 4.92. The van der Waals surface area contributed by atoms with Crippen molar-refractivity contribution in [2.24, 2.45) is 0 Å². The summed E-state index contributed by atoms with van der Waals surface area (Å²) in [5.41, 5.74) is 17.2. The SMILES string of the molecule is CCC(C)S(=O)(=O)C(=[N+]=[N-])S(=O)(=O)C(C)CC.CCCS(=O)(=O)C(=[N+]=[N-])S(=O)(=O)CCC. The molecular weight excluding hydrogens is 504 g/mol. The number of rotatable bonds is 8. The van der Waals surface area contributed by atoms with E-state index in [1.54, 1.807) is 27.7 Å². The van der Waals surface area contributed by atoms with Crippen molar-refractivity contribution >= 4 is 48.1 Å². The van der Waals surface area contributed by atoms with E-state index in [0.717, 1.165) is 0 Å². The van der Waals surface area contributed by atoms with Crippen LogP contribution in [0, 0.1) is 0 Å². The van der Waals surface area contributed by atoms with Gasteiger partial charge in [0, 0.05) is 0 Å². The molecule has 0 heterocycles. The van der Waals surface area contributed by atoms with Gasteiger partial charge in [-0.3, -0.25) is 0 Å². The lowest BCUT2D eigenvalue weighted by Gasteiger charge is -2.10. The van der Waals surface area contributed by atoms with Crippen LogP contribution in [0.15, 0.2) is 0 Å². The molecule has 0 aromatic heterocycles. The van der Waals surface area contributed by atoms with E-state index in [1.165, 1.54) is 13.8 Å². The van der Waals surface area contributed by atoms with E-state index >= 15 is 0 Å². The molecule has 0 aromatic rings. The number of nitrogens with zero attached hydrogens (tertiary/aromatic N) is 4. The Balaban J connectivity index is 0. The molecule has 16 heteroatoms. The minimum Gasteiger partial charge on any atom is -0.359 e. The first-order valence-corrected chi connectivity index (χ1v) is 16.2. The highest BCUT2D eigenvalue weighted by atomic mass is 32.3. The van der Waals surface area contributed by atoms with E-state index in [9.17, 15) is 33.7 Å². The van der Waals surface area contributed by atoms with Gasteiger partial charge in [-0.2, -0.15) is 0 Å². The Kier molecular flexibility index (Phi) is 13.6. The zero-order valence-electron chi connectivity index (χ0n) is 19.1. The topological polar surface area (TPSA) is 209 Å². The summed E-state index contributed by atoms with van der Waals surface area (Å²) >= 11 is 0. The first-order chi connectivity index (χ1) is 14.5. The standard InChI is InChI=1S/C9H18N2O4S2.C7H14N2O4S2/c1-5-7(3)16(12,13)9(11-10)17(14,15)8(4)6-2;1-3-5-14(10,11)7(9-8)15(12,13)6-4-2/h7-8H,5-6H2,1-4H3;3-6H2,1-2H3. The van der Waals surface area contributed by atoms with Crippen LogP contribution in [0.4, 0.5) is 0 Å². The fourth-order valence-electron chi connectivity index (χ4n) is 2.09. The Labute approximate surface area is 191 Å². The van der Waals surface area contributed by atoms with Crippen LogP contribution in [0.1, 0.15) is 67.2 Å². The molecule has 0 bridgehead atoms. The summed E-state index contributed by atoms with van der Waals surface area (Å²) in [7, 11) is -16.2. The van der Waals surface area contributed by atoms with Crippen molar-refractivity contribution in [3.05, 3.63) is 11.1 Å². The Morgan fingerprint density at radius 1 is 0.625 bits per heavy atom. The van der Waals surface area contributed by atoms with Gasteiger partial charge in [-0.1, -0.05) is 27.7 Å². The van der Waals surface area contributed by atoms with Crippen LogP contribution >= 0.6 is 0 Å². The lowest BCUT2D eigenvalue weighted by atomic mass is 10.4. The summed E-state index contributed by atoms with van der Waals surface area (Å²) < 4.78 is 91.0. The van der Waals surface area contributed by atoms with Gasteiger partial charge < -0.3 is 11.1 Å². The van der Waals surface area contributed by atoms with E-state index in [2.05, 4.69) is 9.58 Å². The van der Waals surface area contributed by atoms with Crippen LogP contribution in [0.25, 0.3) is 11.1 Å². The van der Waals surface area contributed by atoms with Crippen LogP contribution in [0.2, 0.25) is 0 Å². The molecule has 0 aromatic carbocycles. The van der Waals surface area contributed by atoms with Gasteiger partial charge in [0.25, 0.3) is 39.3 Å². The Morgan fingerprint density at radius 2 is 0.906 bits per heavy atom. The van der Waals surface area contributed by atoms with Crippen LogP contribution in [-0.2, 0) is 39.3 Å². The molecule has 2 atom stereocenters. The maximum Gasteiger partial charge on any atom is 0.495 e. The molecule has 0 spiro atoms. The minimum atomic E-state index is -4.10. The van der Waals surface area contributed by atoms with Crippen molar-refractivity contribution in [3.63, 3.8) is 0 Å². The predicted octanol–water partition coefficient (Wildman–Crippen LogP) is 1.22. The molecular formula is C16H32N4O8S4. The predicted molar refractivity (Wildman–Crippen MR) is 123 cm³/mol. The van der Waals surface area contributed by atoms with Gasteiger partial charge in [0.1, 0.15) is 0 Å².